The van der Waals surface area contributed by atoms with E-state index in [0.717, 1.165) is 31.6 Å². The van der Waals surface area contributed by atoms with Gasteiger partial charge in [-0.1, -0.05) is 20.8 Å². The molecule has 0 saturated heterocycles. The molecular weight excluding hydrogens is 240 g/mol. The van der Waals surface area contributed by atoms with Crippen molar-refractivity contribution in [1.29, 1.82) is 0 Å². The average Bonchev–Trinajstić information content (AvgIpc) is 2.36. The Morgan fingerprint density at radius 3 is 2.26 bits per heavy atom. The number of likely N-dealkylation sites (N-methyl/N-ethyl adjacent to an activating group) is 1. The van der Waals surface area contributed by atoms with Crippen LogP contribution in [0.15, 0.2) is 0 Å². The lowest BCUT2D eigenvalue weighted by molar-refractivity contribution is -0.134. The number of hydrogen-bond acceptors (Lipinski definition) is 2. The first-order valence-electron chi connectivity index (χ1n) is 7.44. The Morgan fingerprint density at radius 1 is 1.21 bits per heavy atom. The highest BCUT2D eigenvalue weighted by atomic mass is 16.2. The molecule has 0 atom stereocenters. The average molecular weight is 268 g/mol. The molecule has 0 heterocycles. The predicted octanol–water partition coefficient (Wildman–Crippen LogP) is 2.09. The maximum absolute atomic E-state index is 12.2. The molecule has 1 fully saturated rings. The van der Waals surface area contributed by atoms with Crippen molar-refractivity contribution in [2.24, 2.45) is 17.3 Å². The van der Waals surface area contributed by atoms with Crippen molar-refractivity contribution in [3.63, 3.8) is 0 Å². The lowest BCUT2D eigenvalue weighted by Crippen LogP contribution is -2.45. The summed E-state index contributed by atoms with van der Waals surface area (Å²) in [5, 5.41) is 5.46. The normalized spacial score (nSPS) is 27.1. The molecule has 0 bridgehead atoms. The van der Waals surface area contributed by atoms with Gasteiger partial charge in [0.05, 0.1) is 6.54 Å². The summed E-state index contributed by atoms with van der Waals surface area (Å²) in [4.78, 5) is 23.6. The molecule has 0 aromatic rings. The van der Waals surface area contributed by atoms with Gasteiger partial charge < -0.3 is 10.6 Å². The van der Waals surface area contributed by atoms with E-state index in [1.165, 1.54) is 0 Å². The quantitative estimate of drug-likeness (QED) is 0.802. The standard InChI is InChI=1S/C15H28N2O2/c1-5-16-13(18)10-17-14(19)15(4)8-6-12(7-9-15)11(2)3/h11-12H,5-10H2,1-4H3,(H,16,18)(H,17,19). The first-order chi connectivity index (χ1) is 8.89. The number of carbonyl (C=O) groups excluding carboxylic acids is 2. The zero-order chi connectivity index (χ0) is 14.5. The van der Waals surface area contributed by atoms with E-state index in [4.69, 9.17) is 0 Å². The van der Waals surface area contributed by atoms with Crippen LogP contribution in [0.3, 0.4) is 0 Å². The summed E-state index contributed by atoms with van der Waals surface area (Å²) < 4.78 is 0. The Balaban J connectivity index is 2.42. The van der Waals surface area contributed by atoms with Crippen molar-refractivity contribution >= 4 is 11.8 Å². The van der Waals surface area contributed by atoms with E-state index in [0.29, 0.717) is 12.5 Å². The Bertz CT molecular complexity index is 318. The zero-order valence-electron chi connectivity index (χ0n) is 12.7. The maximum Gasteiger partial charge on any atom is 0.239 e. The minimum atomic E-state index is -0.294. The molecule has 1 aliphatic carbocycles. The second-order valence-corrected chi connectivity index (χ2v) is 6.28. The van der Waals surface area contributed by atoms with Crippen LogP contribution in [0, 0.1) is 17.3 Å². The van der Waals surface area contributed by atoms with Crippen LogP contribution < -0.4 is 10.6 Å². The first-order valence-corrected chi connectivity index (χ1v) is 7.44. The highest BCUT2D eigenvalue weighted by molar-refractivity contribution is 5.87. The fourth-order valence-electron chi connectivity index (χ4n) is 2.80. The third-order valence-corrected chi connectivity index (χ3v) is 4.41. The zero-order valence-corrected chi connectivity index (χ0v) is 12.7. The Morgan fingerprint density at radius 2 is 1.79 bits per heavy atom. The van der Waals surface area contributed by atoms with Crippen molar-refractivity contribution in [3.8, 4) is 0 Å². The van der Waals surface area contributed by atoms with Gasteiger partial charge in [0.1, 0.15) is 0 Å². The molecule has 1 rings (SSSR count). The van der Waals surface area contributed by atoms with Gasteiger partial charge in [-0.3, -0.25) is 9.59 Å². The molecule has 0 radical (unpaired) electrons. The van der Waals surface area contributed by atoms with E-state index in [1.807, 2.05) is 13.8 Å². The van der Waals surface area contributed by atoms with Crippen LogP contribution in [0.5, 0.6) is 0 Å². The number of amides is 2. The maximum atomic E-state index is 12.2. The van der Waals surface area contributed by atoms with E-state index in [-0.39, 0.29) is 23.8 Å². The van der Waals surface area contributed by atoms with E-state index in [2.05, 4.69) is 24.5 Å². The lowest BCUT2D eigenvalue weighted by Gasteiger charge is -2.37. The second kappa shape index (κ2) is 6.92. The largest absolute Gasteiger partial charge is 0.355 e. The van der Waals surface area contributed by atoms with Gasteiger partial charge in [-0.05, 0) is 44.4 Å². The summed E-state index contributed by atoms with van der Waals surface area (Å²) in [5.74, 6) is 1.35. The topological polar surface area (TPSA) is 58.2 Å². The number of hydrogen-bond donors (Lipinski definition) is 2. The fraction of sp³-hybridized carbons (Fsp3) is 0.867. The Kier molecular flexibility index (Phi) is 5.83. The molecule has 1 saturated carbocycles. The van der Waals surface area contributed by atoms with E-state index in [9.17, 15) is 9.59 Å². The van der Waals surface area contributed by atoms with E-state index in [1.54, 1.807) is 0 Å². The highest BCUT2D eigenvalue weighted by Crippen LogP contribution is 2.41. The third kappa shape index (κ3) is 4.51. The van der Waals surface area contributed by atoms with Gasteiger partial charge in [0.15, 0.2) is 0 Å². The first kappa shape index (κ1) is 16.0. The van der Waals surface area contributed by atoms with Crippen molar-refractivity contribution in [2.75, 3.05) is 13.1 Å². The second-order valence-electron chi connectivity index (χ2n) is 6.28. The highest BCUT2D eigenvalue weighted by Gasteiger charge is 2.38. The molecule has 110 valence electrons. The van der Waals surface area contributed by atoms with Crippen LogP contribution >= 0.6 is 0 Å². The van der Waals surface area contributed by atoms with Gasteiger partial charge in [0.25, 0.3) is 0 Å². The molecule has 0 unspecified atom stereocenters. The molecular formula is C15H28N2O2. The Hall–Kier alpha value is -1.06. The molecule has 4 nitrogen and oxygen atoms in total. The Labute approximate surface area is 116 Å². The van der Waals surface area contributed by atoms with Gasteiger partial charge in [-0.25, -0.2) is 0 Å². The monoisotopic (exact) mass is 268 g/mol. The minimum absolute atomic E-state index is 0.0287. The van der Waals surface area contributed by atoms with Crippen molar-refractivity contribution < 1.29 is 9.59 Å². The summed E-state index contributed by atoms with van der Waals surface area (Å²) in [6, 6.07) is 0. The third-order valence-electron chi connectivity index (χ3n) is 4.41. The molecule has 0 aromatic heterocycles. The number of nitrogens with one attached hydrogen (secondary N) is 2. The van der Waals surface area contributed by atoms with Gasteiger partial charge in [0, 0.05) is 12.0 Å². The molecule has 0 aromatic carbocycles. The minimum Gasteiger partial charge on any atom is -0.355 e. The molecule has 2 N–H and O–H groups in total. The van der Waals surface area contributed by atoms with E-state index >= 15 is 0 Å². The van der Waals surface area contributed by atoms with Gasteiger partial charge in [-0.15, -0.1) is 0 Å². The summed E-state index contributed by atoms with van der Waals surface area (Å²) in [7, 11) is 0. The van der Waals surface area contributed by atoms with Crippen LogP contribution in [0.4, 0.5) is 0 Å². The summed E-state index contributed by atoms with van der Waals surface area (Å²) in [6.07, 6.45) is 4.08. The van der Waals surface area contributed by atoms with E-state index < -0.39 is 0 Å². The molecule has 0 aliphatic heterocycles. The molecule has 4 heteroatoms. The summed E-state index contributed by atoms with van der Waals surface area (Å²) in [5.41, 5.74) is -0.294. The van der Waals surface area contributed by atoms with Crippen LogP contribution in [-0.2, 0) is 9.59 Å². The fourth-order valence-corrected chi connectivity index (χ4v) is 2.80. The molecule has 1 aliphatic rings. The SMILES string of the molecule is CCNC(=O)CNC(=O)C1(C)CCC(C(C)C)CC1. The van der Waals surface area contributed by atoms with Crippen LogP contribution in [0.1, 0.15) is 53.4 Å². The van der Waals surface area contributed by atoms with Crippen molar-refractivity contribution in [2.45, 2.75) is 53.4 Å². The number of rotatable bonds is 5. The van der Waals surface area contributed by atoms with Crippen molar-refractivity contribution in [3.05, 3.63) is 0 Å². The predicted molar refractivity (Wildman–Crippen MR) is 76.6 cm³/mol. The lowest BCUT2D eigenvalue weighted by atomic mass is 9.68. The van der Waals surface area contributed by atoms with Crippen LogP contribution in [0.25, 0.3) is 0 Å². The summed E-state index contributed by atoms with van der Waals surface area (Å²) in [6.45, 7) is 9.09. The number of carbonyl (C=O) groups is 2. The van der Waals surface area contributed by atoms with Gasteiger partial charge in [0.2, 0.25) is 11.8 Å². The molecule has 2 amide bonds. The van der Waals surface area contributed by atoms with Crippen LogP contribution in [0.2, 0.25) is 0 Å². The smallest absolute Gasteiger partial charge is 0.239 e. The summed E-state index contributed by atoms with van der Waals surface area (Å²) >= 11 is 0. The van der Waals surface area contributed by atoms with Gasteiger partial charge >= 0.3 is 0 Å². The molecule has 0 spiro atoms. The van der Waals surface area contributed by atoms with Crippen LogP contribution in [-0.4, -0.2) is 24.9 Å². The molecule has 19 heavy (non-hydrogen) atoms. The van der Waals surface area contributed by atoms with Crippen molar-refractivity contribution in [1.82, 2.24) is 10.6 Å². The van der Waals surface area contributed by atoms with Gasteiger partial charge in [-0.2, -0.15) is 0 Å².